The van der Waals surface area contributed by atoms with E-state index in [0.29, 0.717) is 72.0 Å². The molecule has 0 saturated carbocycles. The highest BCUT2D eigenvalue weighted by molar-refractivity contribution is 8.13. The van der Waals surface area contributed by atoms with Gasteiger partial charge in [-0.25, -0.2) is 14.4 Å². The van der Waals surface area contributed by atoms with Gasteiger partial charge in [0.05, 0.1) is 26.5 Å². The van der Waals surface area contributed by atoms with E-state index < -0.39 is 11.4 Å². The van der Waals surface area contributed by atoms with Crippen LogP contribution in [0.2, 0.25) is 0 Å². The molecule has 3 aliphatic heterocycles. The maximum absolute atomic E-state index is 15.6. The fourth-order valence-corrected chi connectivity index (χ4v) is 5.90. The Balaban J connectivity index is 1.41. The minimum Gasteiger partial charge on any atom is -0.495 e. The fourth-order valence-electron chi connectivity index (χ4n) is 5.07. The van der Waals surface area contributed by atoms with Crippen LogP contribution in [0.15, 0.2) is 53.7 Å². The largest absolute Gasteiger partial charge is 0.495 e. The van der Waals surface area contributed by atoms with Crippen molar-refractivity contribution >= 4 is 34.2 Å². The molecule has 2 aromatic carbocycles. The average molecular weight is 536 g/mol. The molecule has 196 valence electrons. The third-order valence-electron chi connectivity index (χ3n) is 6.96. The molecule has 3 N–H and O–H groups in total. The first-order chi connectivity index (χ1) is 18.5. The molecule has 0 unspecified atom stereocenters. The summed E-state index contributed by atoms with van der Waals surface area (Å²) in [4.78, 5) is 24.1. The lowest BCUT2D eigenvalue weighted by atomic mass is 9.78. The van der Waals surface area contributed by atoms with E-state index in [1.165, 1.54) is 31.1 Å². The number of carbonyl (C=O) groups excluding carboxylic acids is 1. The van der Waals surface area contributed by atoms with Crippen LogP contribution in [0.4, 0.5) is 15.8 Å². The number of amidine groups is 1. The van der Waals surface area contributed by atoms with Crippen LogP contribution in [0.25, 0.3) is 0 Å². The normalized spacial score (nSPS) is 20.2. The van der Waals surface area contributed by atoms with Crippen LogP contribution >= 0.6 is 11.8 Å². The second-order valence-electron chi connectivity index (χ2n) is 9.16. The van der Waals surface area contributed by atoms with Gasteiger partial charge in [0.2, 0.25) is 0 Å². The number of nitrogens with one attached hydrogen (secondary N) is 1. The molecule has 1 fully saturated rings. The minimum absolute atomic E-state index is 0.150. The van der Waals surface area contributed by atoms with E-state index in [-0.39, 0.29) is 17.4 Å². The van der Waals surface area contributed by atoms with Gasteiger partial charge in [-0.15, -0.1) is 0 Å². The predicted octanol–water partition coefficient (Wildman–Crippen LogP) is 4.12. The number of fused-ring (bicyclic) bond motifs is 4. The van der Waals surface area contributed by atoms with Crippen molar-refractivity contribution in [3.8, 4) is 17.2 Å². The molecule has 1 spiro atoms. The standard InChI is InChI=1S/C27H26FN5O4S/c1-35-18-3-4-22(30-15-18)25(34)31-16-2-5-23-19(12-16)27(6-11-38-26(29)32-27)20-13-17(14-21(28)24(20)37-23)33-7-9-36-10-8-33/h2-5,12-15H,6-11H2,1H3,(H2,29,32)(H,31,34)/t27-/m0/s1. The number of rotatable bonds is 4. The Morgan fingerprint density at radius 1 is 1.18 bits per heavy atom. The number of carbonyl (C=O) groups is 1. The summed E-state index contributed by atoms with van der Waals surface area (Å²) in [5.74, 6) is 1.05. The molecule has 38 heavy (non-hydrogen) atoms. The number of methoxy groups -OCH3 is 1. The van der Waals surface area contributed by atoms with Gasteiger partial charge >= 0.3 is 0 Å². The number of anilines is 2. The first-order valence-corrected chi connectivity index (χ1v) is 13.2. The third kappa shape index (κ3) is 4.31. The first kappa shape index (κ1) is 24.5. The summed E-state index contributed by atoms with van der Waals surface area (Å²) in [7, 11) is 1.54. The summed E-state index contributed by atoms with van der Waals surface area (Å²) in [5.41, 5.74) is 8.16. The van der Waals surface area contributed by atoms with E-state index in [9.17, 15) is 4.79 Å². The molecule has 0 radical (unpaired) electrons. The van der Waals surface area contributed by atoms with Gasteiger partial charge in [0.15, 0.2) is 16.7 Å². The first-order valence-electron chi connectivity index (χ1n) is 12.3. The molecular weight excluding hydrogens is 509 g/mol. The number of hydrogen-bond acceptors (Lipinski definition) is 9. The number of nitrogens with zero attached hydrogens (tertiary/aromatic N) is 3. The van der Waals surface area contributed by atoms with Crippen molar-refractivity contribution in [3.63, 3.8) is 0 Å². The number of halogens is 1. The van der Waals surface area contributed by atoms with Gasteiger partial charge < -0.3 is 30.2 Å². The van der Waals surface area contributed by atoms with Crippen LogP contribution in [-0.4, -0.2) is 55.2 Å². The molecule has 11 heteroatoms. The topological polar surface area (TPSA) is 111 Å². The van der Waals surface area contributed by atoms with E-state index in [0.717, 1.165) is 5.69 Å². The Morgan fingerprint density at radius 2 is 2.03 bits per heavy atom. The molecule has 1 atom stereocenters. The number of aromatic nitrogens is 1. The zero-order chi connectivity index (χ0) is 26.3. The molecule has 0 aliphatic carbocycles. The van der Waals surface area contributed by atoms with E-state index >= 15 is 4.39 Å². The summed E-state index contributed by atoms with van der Waals surface area (Å²) in [5, 5.41) is 3.32. The number of nitrogens with two attached hydrogens (primary N) is 1. The van der Waals surface area contributed by atoms with Crippen LogP contribution in [0, 0.1) is 5.82 Å². The maximum Gasteiger partial charge on any atom is 0.274 e. The summed E-state index contributed by atoms with van der Waals surface area (Å²) in [6.45, 7) is 2.49. The van der Waals surface area contributed by atoms with E-state index in [4.69, 9.17) is 24.9 Å². The minimum atomic E-state index is -0.958. The third-order valence-corrected chi connectivity index (χ3v) is 7.76. The van der Waals surface area contributed by atoms with Crippen LogP contribution in [0.5, 0.6) is 17.2 Å². The number of pyridine rings is 1. The highest BCUT2D eigenvalue weighted by Gasteiger charge is 2.45. The van der Waals surface area contributed by atoms with Gasteiger partial charge in [0.25, 0.3) is 5.91 Å². The van der Waals surface area contributed by atoms with Gasteiger partial charge in [-0.1, -0.05) is 11.8 Å². The van der Waals surface area contributed by atoms with Crippen LogP contribution in [0.1, 0.15) is 28.0 Å². The zero-order valence-electron chi connectivity index (χ0n) is 20.7. The molecule has 1 saturated heterocycles. The molecule has 3 aliphatic rings. The Bertz CT molecular complexity index is 1430. The van der Waals surface area contributed by atoms with Gasteiger partial charge in [0, 0.05) is 47.4 Å². The maximum atomic E-state index is 15.6. The van der Waals surface area contributed by atoms with Crippen molar-refractivity contribution in [1.82, 2.24) is 4.98 Å². The molecule has 1 amide bonds. The smallest absolute Gasteiger partial charge is 0.274 e. The highest BCUT2D eigenvalue weighted by atomic mass is 32.2. The molecule has 6 rings (SSSR count). The van der Waals surface area contributed by atoms with Crippen molar-refractivity contribution in [2.45, 2.75) is 12.0 Å². The lowest BCUT2D eigenvalue weighted by molar-refractivity contribution is 0.102. The Hall–Kier alpha value is -3.83. The number of aliphatic imine (C=N–C) groups is 1. The van der Waals surface area contributed by atoms with Crippen molar-refractivity contribution in [2.75, 3.05) is 49.4 Å². The number of thioether (sulfide) groups is 1. The number of ether oxygens (including phenoxy) is 3. The van der Waals surface area contributed by atoms with Gasteiger partial charge in [-0.3, -0.25) is 4.79 Å². The summed E-state index contributed by atoms with van der Waals surface area (Å²) < 4.78 is 32.3. The Labute approximate surface area is 223 Å². The Kier molecular flexibility index (Phi) is 6.32. The van der Waals surface area contributed by atoms with Crippen LogP contribution in [0.3, 0.4) is 0 Å². The van der Waals surface area contributed by atoms with E-state index in [1.54, 1.807) is 24.3 Å². The van der Waals surface area contributed by atoms with Gasteiger partial charge in [0.1, 0.15) is 22.7 Å². The SMILES string of the molecule is COc1ccc(C(=O)Nc2ccc3c(c2)[C@@]2(CCSC(N)=N2)c2cc(N4CCOCC4)cc(F)c2O3)nc1. The van der Waals surface area contributed by atoms with E-state index in [2.05, 4.69) is 15.2 Å². The number of amides is 1. The summed E-state index contributed by atoms with van der Waals surface area (Å²) in [6.07, 6.45) is 2.07. The summed E-state index contributed by atoms with van der Waals surface area (Å²) in [6, 6.07) is 12.0. The molecular formula is C27H26FN5O4S. The van der Waals surface area contributed by atoms with E-state index in [1.807, 2.05) is 12.1 Å². The number of benzene rings is 2. The number of morpholine rings is 1. The van der Waals surface area contributed by atoms with Gasteiger partial charge in [-0.2, -0.15) is 0 Å². The highest BCUT2D eigenvalue weighted by Crippen LogP contribution is 2.55. The summed E-state index contributed by atoms with van der Waals surface area (Å²) >= 11 is 1.46. The quantitative estimate of drug-likeness (QED) is 0.513. The van der Waals surface area contributed by atoms with Crippen LogP contribution < -0.4 is 25.4 Å². The second kappa shape index (κ2) is 9.80. The Morgan fingerprint density at radius 3 is 2.76 bits per heavy atom. The average Bonchev–Trinajstić information content (AvgIpc) is 2.94. The molecule has 9 nitrogen and oxygen atoms in total. The zero-order valence-corrected chi connectivity index (χ0v) is 21.5. The van der Waals surface area contributed by atoms with Crippen molar-refractivity contribution in [1.29, 1.82) is 0 Å². The second-order valence-corrected chi connectivity index (χ2v) is 10.3. The van der Waals surface area contributed by atoms with Crippen molar-refractivity contribution in [2.24, 2.45) is 10.7 Å². The fraction of sp³-hybridized carbons (Fsp3) is 0.296. The predicted molar refractivity (Wildman–Crippen MR) is 144 cm³/mol. The molecule has 4 heterocycles. The number of hydrogen-bond donors (Lipinski definition) is 2. The monoisotopic (exact) mass is 535 g/mol. The lowest BCUT2D eigenvalue weighted by Gasteiger charge is -2.40. The van der Waals surface area contributed by atoms with Crippen molar-refractivity contribution in [3.05, 3.63) is 71.3 Å². The van der Waals surface area contributed by atoms with Gasteiger partial charge in [-0.05, 0) is 42.8 Å². The van der Waals surface area contributed by atoms with Crippen LogP contribution in [-0.2, 0) is 10.3 Å². The molecule has 0 bridgehead atoms. The van der Waals surface area contributed by atoms with Crippen molar-refractivity contribution < 1.29 is 23.4 Å². The molecule has 1 aromatic heterocycles. The lowest BCUT2D eigenvalue weighted by Crippen LogP contribution is -2.38. The molecule has 3 aromatic rings.